The number of hydrogen-bond acceptors (Lipinski definition) is 4. The molecule has 0 aliphatic carbocycles. The van der Waals surface area contributed by atoms with E-state index in [1.807, 2.05) is 17.8 Å². The van der Waals surface area contributed by atoms with Crippen LogP contribution in [0.1, 0.15) is 5.56 Å². The molecule has 2 heterocycles. The monoisotopic (exact) mass is 348 g/mol. The molecule has 0 unspecified atom stereocenters. The first-order chi connectivity index (χ1) is 11.9. The van der Waals surface area contributed by atoms with Gasteiger partial charge in [-0.3, -0.25) is 0 Å². The summed E-state index contributed by atoms with van der Waals surface area (Å²) < 4.78 is 0. The largest absolute Gasteiger partial charge is 0.229 e. The van der Waals surface area contributed by atoms with Crippen LogP contribution in [-0.2, 0) is 6.42 Å². The number of hydrogen-bond donors (Lipinski definition) is 0. The molecule has 4 heteroatoms. The Hall–Kier alpha value is -2.17. The Bertz CT molecular complexity index is 934. The molecule has 0 N–H and O–H groups in total. The van der Waals surface area contributed by atoms with Gasteiger partial charge in [0.05, 0.1) is 0 Å². The van der Waals surface area contributed by atoms with E-state index < -0.39 is 0 Å². The van der Waals surface area contributed by atoms with Gasteiger partial charge >= 0.3 is 0 Å². The number of aryl methyl sites for hydroxylation is 1. The highest BCUT2D eigenvalue weighted by molar-refractivity contribution is 7.99. The minimum atomic E-state index is 1.02. The smallest absolute Gasteiger partial charge is 0.128 e. The van der Waals surface area contributed by atoms with Gasteiger partial charge in [0, 0.05) is 16.0 Å². The molecule has 24 heavy (non-hydrogen) atoms. The van der Waals surface area contributed by atoms with Crippen LogP contribution in [0.3, 0.4) is 0 Å². The van der Waals surface area contributed by atoms with Gasteiger partial charge in [-0.1, -0.05) is 60.7 Å². The van der Waals surface area contributed by atoms with Crippen LogP contribution in [0.4, 0.5) is 0 Å². The van der Waals surface area contributed by atoms with Crippen LogP contribution >= 0.6 is 23.1 Å². The molecule has 0 amide bonds. The van der Waals surface area contributed by atoms with Gasteiger partial charge in [-0.2, -0.15) is 0 Å². The van der Waals surface area contributed by atoms with E-state index in [0.717, 1.165) is 22.0 Å². The summed E-state index contributed by atoms with van der Waals surface area (Å²) in [5, 5.41) is 2.24. The quantitative estimate of drug-likeness (QED) is 0.342. The summed E-state index contributed by atoms with van der Waals surface area (Å²) in [6.45, 7) is 0. The number of fused-ring (bicyclic) bond motifs is 1. The average Bonchev–Trinajstić information content (AvgIpc) is 3.09. The molecule has 2 aromatic heterocycles. The highest BCUT2D eigenvalue weighted by Gasteiger charge is 2.10. The first kappa shape index (κ1) is 15.4. The van der Waals surface area contributed by atoms with Crippen LogP contribution in [0.2, 0.25) is 0 Å². The second-order valence-electron chi connectivity index (χ2n) is 5.46. The molecule has 4 rings (SSSR count). The fraction of sp³-hybridized carbons (Fsp3) is 0.100. The zero-order valence-electron chi connectivity index (χ0n) is 13.1. The molecule has 2 aromatic carbocycles. The first-order valence-corrected chi connectivity index (χ1v) is 9.67. The third kappa shape index (κ3) is 3.35. The lowest BCUT2D eigenvalue weighted by Gasteiger charge is -2.02. The lowest BCUT2D eigenvalue weighted by atomic mass is 10.2. The van der Waals surface area contributed by atoms with Gasteiger partial charge in [-0.25, -0.2) is 9.97 Å². The molecule has 0 spiro atoms. The number of benzene rings is 2. The Kier molecular flexibility index (Phi) is 4.58. The van der Waals surface area contributed by atoms with Crippen molar-refractivity contribution in [1.29, 1.82) is 0 Å². The number of thiophene rings is 1. The van der Waals surface area contributed by atoms with E-state index in [4.69, 9.17) is 0 Å². The molecule has 0 radical (unpaired) electrons. The van der Waals surface area contributed by atoms with E-state index in [9.17, 15) is 0 Å². The van der Waals surface area contributed by atoms with Gasteiger partial charge in [0.1, 0.15) is 16.2 Å². The Labute approximate surface area is 149 Å². The van der Waals surface area contributed by atoms with E-state index in [0.29, 0.717) is 0 Å². The molecule has 0 aliphatic heterocycles. The van der Waals surface area contributed by atoms with Crippen molar-refractivity contribution in [3.63, 3.8) is 0 Å². The fourth-order valence-electron chi connectivity index (χ4n) is 2.60. The molecule has 0 saturated carbocycles. The van der Waals surface area contributed by atoms with Crippen molar-refractivity contribution in [2.45, 2.75) is 11.4 Å². The van der Waals surface area contributed by atoms with Gasteiger partial charge in [0.2, 0.25) is 0 Å². The molecule has 0 atom stereocenters. The maximum atomic E-state index is 4.50. The van der Waals surface area contributed by atoms with Crippen LogP contribution in [0.25, 0.3) is 20.7 Å². The molecule has 0 bridgehead atoms. The number of nitrogens with zero attached hydrogens (tertiary/aromatic N) is 2. The predicted octanol–water partition coefficient (Wildman–Crippen LogP) is 5.69. The zero-order valence-corrected chi connectivity index (χ0v) is 14.7. The zero-order chi connectivity index (χ0) is 16.2. The molecule has 0 aliphatic rings. The van der Waals surface area contributed by atoms with E-state index >= 15 is 0 Å². The summed E-state index contributed by atoms with van der Waals surface area (Å²) in [6, 6.07) is 23.3. The summed E-state index contributed by atoms with van der Waals surface area (Å²) in [5.74, 6) is 1.02. The summed E-state index contributed by atoms with van der Waals surface area (Å²) in [5.41, 5.74) is 2.60. The highest BCUT2D eigenvalue weighted by Crippen LogP contribution is 2.36. The molecule has 4 aromatic rings. The maximum absolute atomic E-state index is 4.50. The Morgan fingerprint density at radius 3 is 2.42 bits per heavy atom. The second-order valence-corrected chi connectivity index (χ2v) is 7.57. The standard InChI is InChI=1S/C20H16N2S2/c1-3-7-15(8-4-1)11-12-23-19-17-13-18(16-9-5-2-6-10-16)24-20(17)22-14-21-19/h1-10,13-14H,11-12H2. The van der Waals surface area contributed by atoms with Crippen molar-refractivity contribution in [1.82, 2.24) is 9.97 Å². The van der Waals surface area contributed by atoms with Crippen molar-refractivity contribution in [3.05, 3.63) is 78.6 Å². The first-order valence-electron chi connectivity index (χ1n) is 7.87. The van der Waals surface area contributed by atoms with Gasteiger partial charge < -0.3 is 0 Å². The van der Waals surface area contributed by atoms with Gasteiger partial charge in [-0.05, 0) is 23.6 Å². The van der Waals surface area contributed by atoms with Crippen molar-refractivity contribution in [2.75, 3.05) is 5.75 Å². The molecular formula is C20H16N2S2. The van der Waals surface area contributed by atoms with Crippen molar-refractivity contribution < 1.29 is 0 Å². The predicted molar refractivity (Wildman–Crippen MR) is 104 cm³/mol. The lowest BCUT2D eigenvalue weighted by Crippen LogP contribution is -1.90. The fourth-order valence-corrected chi connectivity index (χ4v) is 4.64. The van der Waals surface area contributed by atoms with Gasteiger partial charge in [0.15, 0.2) is 0 Å². The number of rotatable bonds is 5. The Balaban J connectivity index is 1.56. The van der Waals surface area contributed by atoms with Crippen LogP contribution in [0.15, 0.2) is 78.1 Å². The summed E-state index contributed by atoms with van der Waals surface area (Å²) in [4.78, 5) is 11.3. The topological polar surface area (TPSA) is 25.8 Å². The summed E-state index contributed by atoms with van der Waals surface area (Å²) in [6.07, 6.45) is 2.73. The van der Waals surface area contributed by atoms with Crippen molar-refractivity contribution in [3.8, 4) is 10.4 Å². The average molecular weight is 348 g/mol. The third-order valence-electron chi connectivity index (χ3n) is 3.82. The minimum absolute atomic E-state index is 1.02. The summed E-state index contributed by atoms with van der Waals surface area (Å²) >= 11 is 3.54. The molecule has 118 valence electrons. The third-order valence-corrected chi connectivity index (χ3v) is 5.92. The SMILES string of the molecule is c1ccc(CCSc2ncnc3sc(-c4ccccc4)cc23)cc1. The van der Waals surface area contributed by atoms with Crippen LogP contribution in [-0.4, -0.2) is 15.7 Å². The Morgan fingerprint density at radius 2 is 1.62 bits per heavy atom. The lowest BCUT2D eigenvalue weighted by molar-refractivity contribution is 1.09. The highest BCUT2D eigenvalue weighted by atomic mass is 32.2. The van der Waals surface area contributed by atoms with Crippen LogP contribution < -0.4 is 0 Å². The maximum Gasteiger partial charge on any atom is 0.128 e. The summed E-state index contributed by atoms with van der Waals surface area (Å²) in [7, 11) is 0. The van der Waals surface area contributed by atoms with E-state index in [-0.39, 0.29) is 0 Å². The normalized spacial score (nSPS) is 11.0. The van der Waals surface area contributed by atoms with Gasteiger partial charge in [0.25, 0.3) is 0 Å². The van der Waals surface area contributed by atoms with Crippen LogP contribution in [0.5, 0.6) is 0 Å². The molecule has 0 saturated heterocycles. The van der Waals surface area contributed by atoms with Crippen LogP contribution in [0, 0.1) is 0 Å². The molecular weight excluding hydrogens is 332 g/mol. The number of aromatic nitrogens is 2. The second kappa shape index (κ2) is 7.16. The van der Waals surface area contributed by atoms with E-state index in [1.165, 1.54) is 21.4 Å². The molecule has 2 nitrogen and oxygen atoms in total. The van der Waals surface area contributed by atoms with E-state index in [1.54, 1.807) is 17.7 Å². The molecule has 0 fully saturated rings. The number of thioether (sulfide) groups is 1. The Morgan fingerprint density at radius 1 is 0.875 bits per heavy atom. The van der Waals surface area contributed by atoms with Crippen molar-refractivity contribution >= 4 is 33.3 Å². The van der Waals surface area contributed by atoms with E-state index in [2.05, 4.69) is 70.6 Å². The van der Waals surface area contributed by atoms with Gasteiger partial charge in [-0.15, -0.1) is 23.1 Å². The minimum Gasteiger partial charge on any atom is -0.229 e. The van der Waals surface area contributed by atoms with Crippen molar-refractivity contribution in [2.24, 2.45) is 0 Å².